The zero-order chi connectivity index (χ0) is 15.5. The second-order valence-electron chi connectivity index (χ2n) is 4.33. The van der Waals surface area contributed by atoms with Crippen molar-refractivity contribution < 1.29 is 27.5 Å². The standard InChI is InChI=1S/C10H13F4N3O2S/c1-5(2)7-15-16-9(20-3-6(18)19)17(7)4-10(13,14)8(11)12/h5,8H,3-4H2,1-2H3,(H,18,19). The molecule has 0 atom stereocenters. The van der Waals surface area contributed by atoms with Gasteiger partial charge < -0.3 is 5.11 Å². The summed E-state index contributed by atoms with van der Waals surface area (Å²) >= 11 is 0.657. The first-order valence-corrected chi connectivity index (χ1v) is 6.57. The number of hydrogen-bond donors (Lipinski definition) is 1. The van der Waals surface area contributed by atoms with E-state index in [0.29, 0.717) is 11.8 Å². The van der Waals surface area contributed by atoms with Crippen molar-refractivity contribution in [1.29, 1.82) is 0 Å². The molecule has 0 radical (unpaired) electrons. The zero-order valence-electron chi connectivity index (χ0n) is 10.7. The Balaban J connectivity index is 3.06. The summed E-state index contributed by atoms with van der Waals surface area (Å²) in [5.74, 6) is -6.02. The average molecular weight is 315 g/mol. The molecule has 114 valence electrons. The molecule has 1 aromatic heterocycles. The lowest BCUT2D eigenvalue weighted by Gasteiger charge is -2.19. The molecule has 0 unspecified atom stereocenters. The van der Waals surface area contributed by atoms with Crippen molar-refractivity contribution in [1.82, 2.24) is 14.8 Å². The number of rotatable bonds is 7. The Morgan fingerprint density at radius 2 is 2.00 bits per heavy atom. The number of hydrogen-bond acceptors (Lipinski definition) is 4. The summed E-state index contributed by atoms with van der Waals surface area (Å²) in [5.41, 5.74) is 0. The number of carbonyl (C=O) groups is 1. The molecule has 0 fully saturated rings. The van der Waals surface area contributed by atoms with Crippen LogP contribution in [0.15, 0.2) is 5.16 Å². The van der Waals surface area contributed by atoms with Gasteiger partial charge in [-0.1, -0.05) is 25.6 Å². The number of nitrogens with zero attached hydrogens (tertiary/aromatic N) is 3. The topological polar surface area (TPSA) is 68.0 Å². The van der Waals surface area contributed by atoms with E-state index in [1.807, 2.05) is 0 Å². The number of thioether (sulfide) groups is 1. The first kappa shape index (κ1) is 16.7. The van der Waals surface area contributed by atoms with Gasteiger partial charge >= 0.3 is 18.3 Å². The van der Waals surface area contributed by atoms with Crippen molar-refractivity contribution >= 4 is 17.7 Å². The second-order valence-corrected chi connectivity index (χ2v) is 5.27. The van der Waals surface area contributed by atoms with Crippen LogP contribution in [0, 0.1) is 0 Å². The van der Waals surface area contributed by atoms with Crippen LogP contribution in [0.4, 0.5) is 17.6 Å². The van der Waals surface area contributed by atoms with E-state index in [2.05, 4.69) is 10.2 Å². The van der Waals surface area contributed by atoms with Crippen LogP contribution in [-0.4, -0.2) is 43.9 Å². The molecule has 0 aliphatic heterocycles. The smallest absolute Gasteiger partial charge is 0.325 e. The molecular formula is C10H13F4N3O2S. The minimum atomic E-state index is -4.23. The molecule has 0 aromatic carbocycles. The molecular weight excluding hydrogens is 302 g/mol. The van der Waals surface area contributed by atoms with Crippen LogP contribution in [0.2, 0.25) is 0 Å². The molecule has 1 N–H and O–H groups in total. The summed E-state index contributed by atoms with van der Waals surface area (Å²) in [5, 5.41) is 15.7. The van der Waals surface area contributed by atoms with Crippen LogP contribution in [0.25, 0.3) is 0 Å². The summed E-state index contributed by atoms with van der Waals surface area (Å²) in [6.45, 7) is 2.01. The van der Waals surface area contributed by atoms with Crippen LogP contribution in [0.3, 0.4) is 0 Å². The Hall–Kier alpha value is -1.32. The number of carboxylic acid groups (broad SMARTS) is 1. The van der Waals surface area contributed by atoms with E-state index in [1.54, 1.807) is 13.8 Å². The van der Waals surface area contributed by atoms with Crippen LogP contribution in [0.1, 0.15) is 25.6 Å². The lowest BCUT2D eigenvalue weighted by Crippen LogP contribution is -2.33. The third-order valence-corrected chi connectivity index (χ3v) is 3.23. The molecule has 0 spiro atoms. The minimum Gasteiger partial charge on any atom is -0.481 e. The van der Waals surface area contributed by atoms with Crippen molar-refractivity contribution in [2.75, 3.05) is 5.75 Å². The highest BCUT2D eigenvalue weighted by molar-refractivity contribution is 7.99. The predicted molar refractivity (Wildman–Crippen MR) is 63.4 cm³/mol. The first-order chi connectivity index (χ1) is 9.15. The van der Waals surface area contributed by atoms with Gasteiger partial charge in [0.05, 0.1) is 12.3 Å². The van der Waals surface area contributed by atoms with Gasteiger partial charge in [-0.2, -0.15) is 8.78 Å². The number of carboxylic acids is 1. The molecule has 0 saturated heterocycles. The third kappa shape index (κ3) is 4.09. The zero-order valence-corrected chi connectivity index (χ0v) is 11.5. The van der Waals surface area contributed by atoms with Crippen LogP contribution in [0.5, 0.6) is 0 Å². The summed E-state index contributed by atoms with van der Waals surface area (Å²) in [4.78, 5) is 10.5. The average Bonchev–Trinajstić information content (AvgIpc) is 2.68. The van der Waals surface area contributed by atoms with Gasteiger partial charge in [-0.05, 0) is 0 Å². The fourth-order valence-corrected chi connectivity index (χ4v) is 2.05. The van der Waals surface area contributed by atoms with Crippen molar-refractivity contribution in [2.45, 2.75) is 43.8 Å². The van der Waals surface area contributed by atoms with Gasteiger partial charge in [0.1, 0.15) is 5.82 Å². The number of aromatic nitrogens is 3. The Morgan fingerprint density at radius 1 is 1.40 bits per heavy atom. The van der Waals surface area contributed by atoms with E-state index < -0.39 is 30.6 Å². The van der Waals surface area contributed by atoms with Gasteiger partial charge in [0.2, 0.25) is 0 Å². The van der Waals surface area contributed by atoms with Gasteiger partial charge in [-0.15, -0.1) is 10.2 Å². The van der Waals surface area contributed by atoms with Crippen LogP contribution < -0.4 is 0 Å². The van der Waals surface area contributed by atoms with Gasteiger partial charge in [-0.3, -0.25) is 9.36 Å². The molecule has 1 rings (SSSR count). The van der Waals surface area contributed by atoms with Crippen molar-refractivity contribution in [3.63, 3.8) is 0 Å². The largest absolute Gasteiger partial charge is 0.481 e. The molecule has 0 amide bonds. The Morgan fingerprint density at radius 3 is 2.45 bits per heavy atom. The predicted octanol–water partition coefficient (Wildman–Crippen LogP) is 2.48. The van der Waals surface area contributed by atoms with E-state index in [0.717, 1.165) is 4.57 Å². The maximum Gasteiger partial charge on any atom is 0.325 e. The van der Waals surface area contributed by atoms with Crippen molar-refractivity contribution in [2.24, 2.45) is 0 Å². The summed E-state index contributed by atoms with van der Waals surface area (Å²) in [6, 6.07) is 0. The highest BCUT2D eigenvalue weighted by atomic mass is 32.2. The van der Waals surface area contributed by atoms with Crippen LogP contribution in [-0.2, 0) is 11.3 Å². The van der Waals surface area contributed by atoms with E-state index in [-0.39, 0.29) is 16.9 Å². The highest BCUT2D eigenvalue weighted by Crippen LogP contribution is 2.29. The van der Waals surface area contributed by atoms with Crippen LogP contribution >= 0.6 is 11.8 Å². The Labute approximate surface area is 116 Å². The number of halogens is 4. The summed E-state index contributed by atoms with van der Waals surface area (Å²) < 4.78 is 51.8. The molecule has 0 aliphatic rings. The SMILES string of the molecule is CC(C)c1nnc(SCC(=O)O)n1CC(F)(F)C(F)F. The molecule has 10 heteroatoms. The highest BCUT2D eigenvalue weighted by Gasteiger charge is 2.42. The maximum absolute atomic E-state index is 13.2. The quantitative estimate of drug-likeness (QED) is 0.618. The van der Waals surface area contributed by atoms with Gasteiger partial charge in [0.15, 0.2) is 5.16 Å². The lowest BCUT2D eigenvalue weighted by molar-refractivity contribution is -0.139. The fraction of sp³-hybridized carbons (Fsp3) is 0.700. The summed E-state index contributed by atoms with van der Waals surface area (Å²) in [7, 11) is 0. The van der Waals surface area contributed by atoms with Crippen molar-refractivity contribution in [3.05, 3.63) is 5.82 Å². The molecule has 0 aliphatic carbocycles. The van der Waals surface area contributed by atoms with E-state index in [1.165, 1.54) is 0 Å². The van der Waals surface area contributed by atoms with Gasteiger partial charge in [0.25, 0.3) is 0 Å². The third-order valence-electron chi connectivity index (χ3n) is 2.27. The molecule has 20 heavy (non-hydrogen) atoms. The molecule has 1 heterocycles. The maximum atomic E-state index is 13.2. The van der Waals surface area contributed by atoms with E-state index in [4.69, 9.17) is 5.11 Å². The molecule has 5 nitrogen and oxygen atoms in total. The number of alkyl halides is 4. The van der Waals surface area contributed by atoms with Crippen molar-refractivity contribution in [3.8, 4) is 0 Å². The molecule has 1 aromatic rings. The normalized spacial score (nSPS) is 12.4. The van der Waals surface area contributed by atoms with Gasteiger partial charge in [0, 0.05) is 5.92 Å². The summed E-state index contributed by atoms with van der Waals surface area (Å²) in [6.07, 6.45) is -3.82. The minimum absolute atomic E-state index is 0.109. The fourth-order valence-electron chi connectivity index (χ4n) is 1.39. The Kier molecular flexibility index (Phi) is 5.37. The molecule has 0 saturated carbocycles. The molecule has 0 bridgehead atoms. The van der Waals surface area contributed by atoms with Gasteiger partial charge in [-0.25, -0.2) is 8.78 Å². The lowest BCUT2D eigenvalue weighted by atomic mass is 10.2. The van der Waals surface area contributed by atoms with E-state index >= 15 is 0 Å². The Bertz CT molecular complexity index is 479. The monoisotopic (exact) mass is 315 g/mol. The first-order valence-electron chi connectivity index (χ1n) is 5.58. The number of aliphatic carboxylic acids is 1. The van der Waals surface area contributed by atoms with E-state index in [9.17, 15) is 22.4 Å². The second kappa shape index (κ2) is 6.42.